The van der Waals surface area contributed by atoms with Crippen molar-refractivity contribution in [1.29, 1.82) is 0 Å². The van der Waals surface area contributed by atoms with Crippen LogP contribution in [0.2, 0.25) is 0 Å². The molecular weight excluding hydrogens is 166 g/mol. The van der Waals surface area contributed by atoms with Gasteiger partial charge in [-0.25, -0.2) is 0 Å². The zero-order valence-electron chi connectivity index (χ0n) is 6.11. The average Bonchev–Trinajstić information content (AvgIpc) is 2.33. The van der Waals surface area contributed by atoms with Crippen molar-refractivity contribution in [3.63, 3.8) is 0 Å². The molecule has 1 aliphatic heterocycles. The molecule has 68 valence electrons. The zero-order valence-corrected chi connectivity index (χ0v) is 6.11. The summed E-state index contributed by atoms with van der Waals surface area (Å²) in [5.74, 6) is 0. The number of rotatable bonds is 2. The van der Waals surface area contributed by atoms with Gasteiger partial charge in [0, 0.05) is 4.91 Å². The number of ether oxygens (including phenoxy) is 1. The minimum absolute atomic E-state index is 0.421. The number of hydrogen-bond acceptors (Lipinski definition) is 5. The van der Waals surface area contributed by atoms with Crippen LogP contribution in [0.5, 0.6) is 0 Å². The topological polar surface area (TPSA) is 119 Å². The Bertz CT molecular complexity index is 205. The Morgan fingerprint density at radius 2 is 2.08 bits per heavy atom. The summed E-state index contributed by atoms with van der Waals surface area (Å²) in [4.78, 5) is 2.42. The molecule has 1 fully saturated rings. The van der Waals surface area contributed by atoms with Gasteiger partial charge in [0.2, 0.25) is 0 Å². The second-order valence-electron chi connectivity index (χ2n) is 2.43. The highest BCUT2D eigenvalue weighted by Crippen LogP contribution is 2.21. The fraction of sp³-hybridized carbons (Fsp3) is 1.00. The molecule has 1 saturated heterocycles. The molecule has 0 aromatic heterocycles. The van der Waals surface area contributed by atoms with Gasteiger partial charge in [-0.05, 0) is 5.53 Å². The summed E-state index contributed by atoms with van der Waals surface area (Å²) < 4.78 is 4.81. The van der Waals surface area contributed by atoms with Crippen molar-refractivity contribution in [3.8, 4) is 0 Å². The van der Waals surface area contributed by atoms with Crippen LogP contribution in [0, 0.1) is 0 Å². The summed E-state index contributed by atoms with van der Waals surface area (Å²) in [6, 6.07) is 0. The van der Waals surface area contributed by atoms with Gasteiger partial charge < -0.3 is 20.1 Å². The Balaban J connectivity index is 2.66. The Morgan fingerprint density at radius 1 is 1.42 bits per heavy atom. The Labute approximate surface area is 67.8 Å². The quantitative estimate of drug-likeness (QED) is 0.275. The highest BCUT2D eigenvalue weighted by molar-refractivity contribution is 4.88. The van der Waals surface area contributed by atoms with Gasteiger partial charge in [0.15, 0.2) is 6.23 Å². The molecule has 0 spiro atoms. The summed E-state index contributed by atoms with van der Waals surface area (Å²) in [6.07, 6.45) is -4.46. The van der Waals surface area contributed by atoms with Crippen LogP contribution in [0.15, 0.2) is 5.11 Å². The molecule has 1 heterocycles. The second-order valence-corrected chi connectivity index (χ2v) is 2.43. The van der Waals surface area contributed by atoms with Gasteiger partial charge in [0.1, 0.15) is 18.3 Å². The number of hydrogen-bond donors (Lipinski definition) is 3. The zero-order chi connectivity index (χ0) is 9.14. The van der Waals surface area contributed by atoms with Gasteiger partial charge in [-0.3, -0.25) is 0 Å². The van der Waals surface area contributed by atoms with Crippen molar-refractivity contribution in [3.05, 3.63) is 10.4 Å². The SMILES string of the molecule is [N-]=[N+]=N[C@@H]1OC(CO)C(O)C1O. The molecule has 0 amide bonds. The predicted molar refractivity (Wildman–Crippen MR) is 36.9 cm³/mol. The molecule has 0 saturated carbocycles. The lowest BCUT2D eigenvalue weighted by atomic mass is 10.1. The summed E-state index contributed by atoms with van der Waals surface area (Å²) >= 11 is 0. The van der Waals surface area contributed by atoms with Gasteiger partial charge in [0.05, 0.1) is 6.61 Å². The summed E-state index contributed by atoms with van der Waals surface area (Å²) in [5, 5.41) is 30.0. The van der Waals surface area contributed by atoms with Gasteiger partial charge >= 0.3 is 0 Å². The Kier molecular flexibility index (Phi) is 2.85. The van der Waals surface area contributed by atoms with E-state index in [0.29, 0.717) is 0 Å². The van der Waals surface area contributed by atoms with Crippen LogP contribution in [0.3, 0.4) is 0 Å². The maximum atomic E-state index is 9.14. The predicted octanol–water partition coefficient (Wildman–Crippen LogP) is -1.26. The maximum Gasteiger partial charge on any atom is 0.165 e. The van der Waals surface area contributed by atoms with E-state index in [0.717, 1.165) is 0 Å². The molecule has 3 unspecified atom stereocenters. The molecule has 0 radical (unpaired) electrons. The van der Waals surface area contributed by atoms with Gasteiger partial charge in [-0.15, -0.1) is 0 Å². The molecule has 3 N–H and O–H groups in total. The first kappa shape index (κ1) is 9.24. The summed E-state index contributed by atoms with van der Waals surface area (Å²) in [6.45, 7) is -0.421. The van der Waals surface area contributed by atoms with E-state index in [1.54, 1.807) is 0 Å². The minimum Gasteiger partial charge on any atom is -0.394 e. The first-order valence-corrected chi connectivity index (χ1v) is 3.37. The number of nitrogens with zero attached hydrogens (tertiary/aromatic N) is 3. The third-order valence-electron chi connectivity index (χ3n) is 1.68. The van der Waals surface area contributed by atoms with Crippen LogP contribution in [0.25, 0.3) is 10.4 Å². The maximum absolute atomic E-state index is 9.14. The third-order valence-corrected chi connectivity index (χ3v) is 1.68. The van der Waals surface area contributed by atoms with Gasteiger partial charge in [0.25, 0.3) is 0 Å². The number of aliphatic hydroxyl groups is 3. The van der Waals surface area contributed by atoms with Crippen LogP contribution >= 0.6 is 0 Å². The van der Waals surface area contributed by atoms with Crippen LogP contribution in [-0.4, -0.2) is 46.5 Å². The first-order valence-electron chi connectivity index (χ1n) is 3.37. The molecular formula is C5H9N3O4. The van der Waals surface area contributed by atoms with Crippen LogP contribution < -0.4 is 0 Å². The van der Waals surface area contributed by atoms with Crippen molar-refractivity contribution in [2.24, 2.45) is 5.11 Å². The third kappa shape index (κ3) is 1.50. The average molecular weight is 175 g/mol. The van der Waals surface area contributed by atoms with Gasteiger partial charge in [-0.1, -0.05) is 5.11 Å². The first-order chi connectivity index (χ1) is 5.70. The Hall–Kier alpha value is -0.850. The van der Waals surface area contributed by atoms with E-state index in [1.165, 1.54) is 0 Å². The minimum atomic E-state index is -1.27. The van der Waals surface area contributed by atoms with E-state index < -0.39 is 31.1 Å². The fourth-order valence-electron chi connectivity index (χ4n) is 1.03. The smallest absolute Gasteiger partial charge is 0.165 e. The monoisotopic (exact) mass is 175 g/mol. The Morgan fingerprint density at radius 3 is 2.50 bits per heavy atom. The standard InChI is InChI=1S/C5H9N3O4/c6-8-7-5-4(11)3(10)2(1-9)12-5/h2-5,9-11H,1H2/t2?,3?,4?,5-/m1/s1. The van der Waals surface area contributed by atoms with E-state index in [9.17, 15) is 0 Å². The molecule has 7 nitrogen and oxygen atoms in total. The van der Waals surface area contributed by atoms with Crippen molar-refractivity contribution < 1.29 is 20.1 Å². The summed E-state index contributed by atoms with van der Waals surface area (Å²) in [7, 11) is 0. The second kappa shape index (κ2) is 3.70. The number of aliphatic hydroxyl groups excluding tert-OH is 3. The largest absolute Gasteiger partial charge is 0.394 e. The van der Waals surface area contributed by atoms with Crippen molar-refractivity contribution in [2.75, 3.05) is 6.61 Å². The molecule has 0 aliphatic carbocycles. The molecule has 0 aromatic rings. The van der Waals surface area contributed by atoms with Crippen LogP contribution in [0.1, 0.15) is 0 Å². The van der Waals surface area contributed by atoms with Crippen LogP contribution in [-0.2, 0) is 4.74 Å². The molecule has 0 aromatic carbocycles. The highest BCUT2D eigenvalue weighted by atomic mass is 16.6. The van der Waals surface area contributed by atoms with E-state index in [2.05, 4.69) is 10.0 Å². The van der Waals surface area contributed by atoms with E-state index >= 15 is 0 Å². The van der Waals surface area contributed by atoms with Crippen molar-refractivity contribution >= 4 is 0 Å². The lowest BCUT2D eigenvalue weighted by Gasteiger charge is -2.10. The van der Waals surface area contributed by atoms with Crippen LogP contribution in [0.4, 0.5) is 0 Å². The molecule has 1 aliphatic rings. The lowest BCUT2D eigenvalue weighted by Crippen LogP contribution is -2.33. The van der Waals surface area contributed by atoms with Crippen molar-refractivity contribution in [1.82, 2.24) is 0 Å². The molecule has 12 heavy (non-hydrogen) atoms. The molecule has 7 heteroatoms. The van der Waals surface area contributed by atoms with E-state index in [-0.39, 0.29) is 0 Å². The molecule has 1 rings (SSSR count). The molecule has 0 bridgehead atoms. The normalized spacial score (nSPS) is 40.9. The fourth-order valence-corrected chi connectivity index (χ4v) is 1.03. The highest BCUT2D eigenvalue weighted by Gasteiger charge is 2.41. The number of azide groups is 1. The van der Waals surface area contributed by atoms with Crippen molar-refractivity contribution in [2.45, 2.75) is 24.5 Å². The lowest BCUT2D eigenvalue weighted by molar-refractivity contribution is -0.0198. The summed E-state index contributed by atoms with van der Waals surface area (Å²) in [5.41, 5.74) is 8.01. The molecule has 4 atom stereocenters. The van der Waals surface area contributed by atoms with Gasteiger partial charge in [-0.2, -0.15) is 0 Å². The van der Waals surface area contributed by atoms with E-state index in [1.807, 2.05) is 0 Å². The van der Waals surface area contributed by atoms with E-state index in [4.69, 9.17) is 25.6 Å².